The van der Waals surface area contributed by atoms with Crippen LogP contribution >= 0.6 is 34.1 Å². The summed E-state index contributed by atoms with van der Waals surface area (Å²) in [6.07, 6.45) is 0. The number of fused-ring (bicyclic) bond motifs is 2. The molecule has 0 aliphatic heterocycles. The van der Waals surface area contributed by atoms with Crippen molar-refractivity contribution in [3.63, 3.8) is 0 Å². The van der Waals surface area contributed by atoms with Crippen molar-refractivity contribution >= 4 is 70.3 Å². The summed E-state index contributed by atoms with van der Waals surface area (Å²) in [6.45, 7) is 3.77. The minimum absolute atomic E-state index is 0.660. The fourth-order valence-corrected chi connectivity index (χ4v) is 3.05. The molecular formula is C25H20Cl4SiZr2. The second-order valence-corrected chi connectivity index (χ2v) is 14.3. The average Bonchev–Trinajstić information content (AvgIpc) is 3.51. The first-order chi connectivity index (χ1) is 15.7. The Balaban J connectivity index is 0.000000215. The molecule has 0 nitrogen and oxygen atoms in total. The topological polar surface area (TPSA) is 0 Å². The predicted molar refractivity (Wildman–Crippen MR) is 139 cm³/mol. The summed E-state index contributed by atoms with van der Waals surface area (Å²) >= 11 is -1.65. The first-order valence-corrected chi connectivity index (χ1v) is 23.2. The van der Waals surface area contributed by atoms with Crippen LogP contribution in [0.4, 0.5) is 0 Å². The zero-order chi connectivity index (χ0) is 23.4. The van der Waals surface area contributed by atoms with E-state index in [2.05, 4.69) is 97.5 Å². The molecular weight excluding hydrogens is 653 g/mol. The second kappa shape index (κ2) is 20.4. The first-order valence-electron chi connectivity index (χ1n) is 9.32. The summed E-state index contributed by atoms with van der Waals surface area (Å²) in [6, 6.07) is 40.2. The summed E-state index contributed by atoms with van der Waals surface area (Å²) in [4.78, 5) is 0. The fourth-order valence-electron chi connectivity index (χ4n) is 2.64. The molecule has 5 aromatic rings. The van der Waals surface area contributed by atoms with E-state index in [-0.39, 0.29) is 0 Å². The zero-order valence-corrected chi connectivity index (χ0v) is 26.1. The van der Waals surface area contributed by atoms with Gasteiger partial charge in [-0.1, -0.05) is 12.1 Å². The summed E-state index contributed by atoms with van der Waals surface area (Å²) in [5.74, 6) is 0. The van der Waals surface area contributed by atoms with Gasteiger partial charge in [-0.2, -0.15) is 74.9 Å². The van der Waals surface area contributed by atoms with Gasteiger partial charge in [-0.15, -0.1) is 59.3 Å². The fraction of sp³-hybridized carbons (Fsp3) is 0. The van der Waals surface area contributed by atoms with Crippen LogP contribution in [-0.2, 0) is 41.7 Å². The molecule has 0 spiro atoms. The minimum Gasteiger partial charge on any atom is -0.168 e. The maximum absolute atomic E-state index is 4.93. The first kappa shape index (κ1) is 30.1. The minimum atomic E-state index is -0.826. The second-order valence-electron chi connectivity index (χ2n) is 5.92. The molecule has 0 saturated carbocycles. The molecule has 32 heavy (non-hydrogen) atoms. The van der Waals surface area contributed by atoms with Crippen molar-refractivity contribution in [2.45, 2.75) is 0 Å². The van der Waals surface area contributed by atoms with E-state index < -0.39 is 41.7 Å². The molecule has 0 aromatic heterocycles. The van der Waals surface area contributed by atoms with Gasteiger partial charge in [-0.3, -0.25) is 0 Å². The SMILES string of the molecule is [CH2-][Si]c1cc[c-]cc1.[Cl][Zr+2][Cl].[Cl][Zr+2][Cl].c1ccc2[cH-]ccc2c1.c1ccc2[cH-]ccc2c1. The predicted octanol–water partition coefficient (Wildman–Crippen LogP) is 8.48. The number of rotatable bonds is 1. The van der Waals surface area contributed by atoms with Crippen LogP contribution in [0, 0.1) is 12.6 Å². The van der Waals surface area contributed by atoms with Crippen molar-refractivity contribution in [3.05, 3.63) is 122 Å². The molecule has 0 saturated heterocycles. The van der Waals surface area contributed by atoms with E-state index in [0.717, 1.165) is 0 Å². The molecule has 0 unspecified atom stereocenters. The number of hydrogen-bond acceptors (Lipinski definition) is 0. The van der Waals surface area contributed by atoms with Crippen LogP contribution in [-0.4, -0.2) is 9.52 Å². The van der Waals surface area contributed by atoms with Crippen LogP contribution in [0.25, 0.3) is 21.5 Å². The van der Waals surface area contributed by atoms with Gasteiger partial charge in [0.1, 0.15) is 0 Å². The Bertz CT molecular complexity index is 952. The van der Waals surface area contributed by atoms with E-state index in [1.807, 2.05) is 24.3 Å². The van der Waals surface area contributed by atoms with Crippen LogP contribution in [0.1, 0.15) is 0 Å². The Labute approximate surface area is 231 Å². The number of hydrogen-bond donors (Lipinski definition) is 0. The molecule has 2 radical (unpaired) electrons. The van der Waals surface area contributed by atoms with Crippen LogP contribution in [0.5, 0.6) is 0 Å². The maximum Gasteiger partial charge on any atom is -0.0809 e. The van der Waals surface area contributed by atoms with Crippen LogP contribution < -0.4 is 5.19 Å². The molecule has 0 fully saturated rings. The molecule has 0 heterocycles. The van der Waals surface area contributed by atoms with Gasteiger partial charge >= 0.3 is 75.7 Å². The Morgan fingerprint density at radius 3 is 1.41 bits per heavy atom. The van der Waals surface area contributed by atoms with Crippen molar-refractivity contribution < 1.29 is 41.7 Å². The monoisotopic (exact) mass is 668 g/mol. The third-order valence-electron chi connectivity index (χ3n) is 4.02. The van der Waals surface area contributed by atoms with E-state index in [1.165, 1.54) is 26.7 Å². The summed E-state index contributed by atoms with van der Waals surface area (Å²) in [7, 11) is 20.4. The van der Waals surface area contributed by atoms with Gasteiger partial charge in [0.25, 0.3) is 0 Å². The molecule has 0 aliphatic rings. The molecule has 0 bridgehead atoms. The van der Waals surface area contributed by atoms with Gasteiger partial charge in [0.15, 0.2) is 0 Å². The smallest absolute Gasteiger partial charge is 0.0809 e. The standard InChI is InChI=1S/2C9H7.C7H6Si.4ClH.2Zr/c2*1-2-5-9-7-3-6-8(9)4-1;1-8-7-5-3-2-4-6-7;;;;;;/h2*1-7H;3-6H,1H2;4*1H;;/q2*-1;-2;;;;;2*+4/p-4. The quantitative estimate of drug-likeness (QED) is 0.124. The van der Waals surface area contributed by atoms with Crippen LogP contribution in [0.3, 0.4) is 0 Å². The third kappa shape index (κ3) is 13.0. The van der Waals surface area contributed by atoms with Crippen LogP contribution in [0.2, 0.25) is 0 Å². The van der Waals surface area contributed by atoms with E-state index in [9.17, 15) is 0 Å². The Kier molecular flexibility index (Phi) is 19.2. The van der Waals surface area contributed by atoms with E-state index in [1.54, 1.807) is 0 Å². The Hall–Kier alpha value is 0.0231. The van der Waals surface area contributed by atoms with E-state index in [0.29, 0.717) is 9.52 Å². The number of halogens is 4. The summed E-state index contributed by atoms with van der Waals surface area (Å²) < 4.78 is 0. The Morgan fingerprint density at radius 1 is 0.656 bits per heavy atom. The average molecular weight is 673 g/mol. The molecule has 7 heteroatoms. The van der Waals surface area contributed by atoms with Crippen molar-refractivity contribution in [1.29, 1.82) is 0 Å². The maximum atomic E-state index is 4.93. The van der Waals surface area contributed by atoms with Crippen molar-refractivity contribution in [2.75, 3.05) is 0 Å². The molecule has 0 aliphatic carbocycles. The van der Waals surface area contributed by atoms with Crippen molar-refractivity contribution in [2.24, 2.45) is 0 Å². The third-order valence-corrected chi connectivity index (χ3v) is 4.76. The molecule has 5 rings (SSSR count). The van der Waals surface area contributed by atoms with Gasteiger partial charge in [-0.05, 0) is 0 Å². The molecule has 0 amide bonds. The molecule has 5 aromatic carbocycles. The summed E-state index contributed by atoms with van der Waals surface area (Å²) in [5, 5.41) is 6.62. The van der Waals surface area contributed by atoms with Gasteiger partial charge < -0.3 is 6.55 Å². The summed E-state index contributed by atoms with van der Waals surface area (Å²) in [5.41, 5.74) is 0. The molecule has 0 atom stereocenters. The molecule has 160 valence electrons. The van der Waals surface area contributed by atoms with Crippen LogP contribution in [0.15, 0.2) is 109 Å². The van der Waals surface area contributed by atoms with Crippen molar-refractivity contribution in [3.8, 4) is 0 Å². The Morgan fingerprint density at radius 2 is 1.06 bits per heavy atom. The normalized spacial score (nSPS) is 8.66. The number of benzene rings is 3. The van der Waals surface area contributed by atoms with E-state index in [4.69, 9.17) is 34.1 Å². The van der Waals surface area contributed by atoms with Gasteiger partial charge in [0.2, 0.25) is 0 Å². The zero-order valence-electron chi connectivity index (χ0n) is 17.1. The van der Waals surface area contributed by atoms with Gasteiger partial charge in [0.05, 0.1) is 0 Å². The largest absolute Gasteiger partial charge is 0.168 e. The molecule has 0 N–H and O–H groups in total. The van der Waals surface area contributed by atoms with Crippen molar-refractivity contribution in [1.82, 2.24) is 0 Å². The van der Waals surface area contributed by atoms with Gasteiger partial charge in [-0.25, -0.2) is 5.19 Å². The van der Waals surface area contributed by atoms with E-state index >= 15 is 0 Å². The van der Waals surface area contributed by atoms with Gasteiger partial charge in [0, 0.05) is 0 Å².